The predicted molar refractivity (Wildman–Crippen MR) is 122 cm³/mol. The molecule has 1 saturated carbocycles. The standard InChI is InChI=1S/C24H26N4O4/c1-3-27-23(31)19-6-4-5-7-20(19)28(24(27)32)15-21(29)26(2)14-16-8-10-17(11-9-16)22(30)25-18-12-13-18/h4-11,18H,3,12-15H2,1-2H3,(H,25,30). The first kappa shape index (κ1) is 21.5. The Morgan fingerprint density at radius 2 is 1.72 bits per heavy atom. The smallest absolute Gasteiger partial charge is 0.331 e. The van der Waals surface area contributed by atoms with Gasteiger partial charge in [-0.1, -0.05) is 24.3 Å². The Morgan fingerprint density at radius 3 is 2.38 bits per heavy atom. The summed E-state index contributed by atoms with van der Waals surface area (Å²) in [5, 5.41) is 3.36. The molecule has 4 rings (SSSR count). The van der Waals surface area contributed by atoms with Crippen molar-refractivity contribution >= 4 is 22.7 Å². The van der Waals surface area contributed by atoms with Gasteiger partial charge in [0.15, 0.2) is 0 Å². The number of para-hydroxylation sites is 1. The van der Waals surface area contributed by atoms with Crippen LogP contribution in [0.4, 0.5) is 0 Å². The number of benzene rings is 2. The average Bonchev–Trinajstić information content (AvgIpc) is 3.61. The molecule has 1 aliphatic rings. The minimum atomic E-state index is -0.496. The molecule has 1 aliphatic carbocycles. The monoisotopic (exact) mass is 434 g/mol. The fourth-order valence-corrected chi connectivity index (χ4v) is 3.68. The van der Waals surface area contributed by atoms with Crippen LogP contribution in [0.2, 0.25) is 0 Å². The maximum atomic E-state index is 12.9. The number of aromatic nitrogens is 2. The molecular weight excluding hydrogens is 408 g/mol. The molecule has 1 N–H and O–H groups in total. The molecule has 2 aromatic carbocycles. The van der Waals surface area contributed by atoms with Crippen molar-refractivity contribution in [3.8, 4) is 0 Å². The minimum Gasteiger partial charge on any atom is -0.349 e. The van der Waals surface area contributed by atoms with E-state index in [2.05, 4.69) is 5.32 Å². The Bertz CT molecular complexity index is 1290. The zero-order valence-electron chi connectivity index (χ0n) is 18.2. The number of carbonyl (C=O) groups is 2. The van der Waals surface area contributed by atoms with E-state index in [0.717, 1.165) is 23.0 Å². The third-order valence-electron chi connectivity index (χ3n) is 5.72. The van der Waals surface area contributed by atoms with Crippen LogP contribution in [-0.2, 0) is 24.4 Å². The summed E-state index contributed by atoms with van der Waals surface area (Å²) in [5.41, 5.74) is 1.06. The van der Waals surface area contributed by atoms with Gasteiger partial charge in [0.1, 0.15) is 6.54 Å². The normalized spacial score (nSPS) is 13.2. The highest BCUT2D eigenvalue weighted by Crippen LogP contribution is 2.19. The number of fused-ring (bicyclic) bond motifs is 1. The van der Waals surface area contributed by atoms with Crippen molar-refractivity contribution in [2.24, 2.45) is 0 Å². The molecule has 0 unspecified atom stereocenters. The van der Waals surface area contributed by atoms with Crippen LogP contribution < -0.4 is 16.6 Å². The zero-order valence-corrected chi connectivity index (χ0v) is 18.2. The van der Waals surface area contributed by atoms with E-state index in [1.807, 2.05) is 12.1 Å². The summed E-state index contributed by atoms with van der Waals surface area (Å²) in [5.74, 6) is -0.338. The van der Waals surface area contributed by atoms with E-state index in [1.54, 1.807) is 50.4 Å². The first-order valence-corrected chi connectivity index (χ1v) is 10.7. The van der Waals surface area contributed by atoms with Crippen molar-refractivity contribution in [3.05, 3.63) is 80.5 Å². The number of nitrogens with zero attached hydrogens (tertiary/aromatic N) is 3. The van der Waals surface area contributed by atoms with Crippen molar-refractivity contribution in [1.82, 2.24) is 19.4 Å². The number of hydrogen-bond donors (Lipinski definition) is 1. The maximum absolute atomic E-state index is 12.9. The van der Waals surface area contributed by atoms with Crippen molar-refractivity contribution in [2.75, 3.05) is 7.05 Å². The van der Waals surface area contributed by atoms with Crippen LogP contribution in [0.25, 0.3) is 10.9 Å². The van der Waals surface area contributed by atoms with E-state index >= 15 is 0 Å². The summed E-state index contributed by atoms with van der Waals surface area (Å²) in [6.07, 6.45) is 2.07. The molecule has 2 amide bonds. The summed E-state index contributed by atoms with van der Waals surface area (Å²) in [6.45, 7) is 2.12. The first-order chi connectivity index (χ1) is 15.4. The lowest BCUT2D eigenvalue weighted by Crippen LogP contribution is -2.42. The number of carbonyl (C=O) groups excluding carboxylic acids is 2. The second kappa shape index (κ2) is 8.82. The Morgan fingerprint density at radius 1 is 1.03 bits per heavy atom. The molecular formula is C24H26N4O4. The second-order valence-corrected chi connectivity index (χ2v) is 8.13. The van der Waals surface area contributed by atoms with Crippen LogP contribution in [0.5, 0.6) is 0 Å². The SMILES string of the molecule is CCn1c(=O)c2ccccc2n(CC(=O)N(C)Cc2ccc(C(=O)NC3CC3)cc2)c1=O. The number of nitrogens with one attached hydrogen (secondary N) is 1. The highest BCUT2D eigenvalue weighted by molar-refractivity contribution is 5.94. The van der Waals surface area contributed by atoms with E-state index in [0.29, 0.717) is 29.1 Å². The summed E-state index contributed by atoms with van der Waals surface area (Å²) in [6, 6.07) is 14.3. The van der Waals surface area contributed by atoms with Crippen molar-refractivity contribution < 1.29 is 9.59 Å². The van der Waals surface area contributed by atoms with E-state index in [9.17, 15) is 19.2 Å². The molecule has 166 valence electrons. The summed E-state index contributed by atoms with van der Waals surface area (Å²) < 4.78 is 2.49. The third-order valence-corrected chi connectivity index (χ3v) is 5.72. The van der Waals surface area contributed by atoms with Gasteiger partial charge in [0.25, 0.3) is 11.5 Å². The van der Waals surface area contributed by atoms with Crippen molar-refractivity contribution in [1.29, 1.82) is 0 Å². The number of likely N-dealkylation sites (N-methyl/N-ethyl adjacent to an activating group) is 1. The van der Waals surface area contributed by atoms with Crippen molar-refractivity contribution in [2.45, 2.75) is 45.4 Å². The van der Waals surface area contributed by atoms with E-state index in [4.69, 9.17) is 0 Å². The predicted octanol–water partition coefficient (Wildman–Crippen LogP) is 1.73. The fraction of sp³-hybridized carbons (Fsp3) is 0.333. The molecule has 8 heteroatoms. The van der Waals surface area contributed by atoms with Crippen LogP contribution >= 0.6 is 0 Å². The molecule has 8 nitrogen and oxygen atoms in total. The van der Waals surface area contributed by atoms with E-state index < -0.39 is 5.69 Å². The van der Waals surface area contributed by atoms with Gasteiger partial charge in [-0.3, -0.25) is 23.5 Å². The van der Waals surface area contributed by atoms with Gasteiger partial charge in [0, 0.05) is 31.7 Å². The molecule has 1 aromatic heterocycles. The van der Waals surface area contributed by atoms with Crippen LogP contribution in [0.15, 0.2) is 58.1 Å². The third kappa shape index (κ3) is 4.34. The molecule has 0 atom stereocenters. The lowest BCUT2D eigenvalue weighted by Gasteiger charge is -2.19. The number of hydrogen-bond acceptors (Lipinski definition) is 4. The van der Waals surface area contributed by atoms with Gasteiger partial charge in [-0.05, 0) is 49.6 Å². The van der Waals surface area contributed by atoms with Gasteiger partial charge in [-0.25, -0.2) is 4.79 Å². The van der Waals surface area contributed by atoms with Gasteiger partial charge < -0.3 is 10.2 Å². The van der Waals surface area contributed by atoms with Gasteiger partial charge >= 0.3 is 5.69 Å². The Kier molecular flexibility index (Phi) is 5.94. The largest absolute Gasteiger partial charge is 0.349 e. The highest BCUT2D eigenvalue weighted by atomic mass is 16.2. The van der Waals surface area contributed by atoms with Gasteiger partial charge in [0.05, 0.1) is 10.9 Å². The molecule has 1 heterocycles. The van der Waals surface area contributed by atoms with Crippen LogP contribution in [0.3, 0.4) is 0 Å². The highest BCUT2D eigenvalue weighted by Gasteiger charge is 2.23. The van der Waals surface area contributed by atoms with Gasteiger partial charge in [0.2, 0.25) is 5.91 Å². The average molecular weight is 434 g/mol. The van der Waals surface area contributed by atoms with E-state index in [1.165, 1.54) is 9.47 Å². The molecule has 3 aromatic rings. The zero-order chi connectivity index (χ0) is 22.8. The molecule has 32 heavy (non-hydrogen) atoms. The quantitative estimate of drug-likeness (QED) is 0.613. The maximum Gasteiger partial charge on any atom is 0.331 e. The molecule has 1 fully saturated rings. The van der Waals surface area contributed by atoms with Crippen LogP contribution in [0, 0.1) is 0 Å². The summed E-state index contributed by atoms with van der Waals surface area (Å²) >= 11 is 0. The Balaban J connectivity index is 1.50. The van der Waals surface area contributed by atoms with Crippen LogP contribution in [0.1, 0.15) is 35.7 Å². The number of amides is 2. The molecule has 0 aliphatic heterocycles. The molecule has 0 radical (unpaired) electrons. The lowest BCUT2D eigenvalue weighted by molar-refractivity contribution is -0.131. The Labute approximate surface area is 185 Å². The summed E-state index contributed by atoms with van der Waals surface area (Å²) in [4.78, 5) is 52.0. The molecule has 0 bridgehead atoms. The first-order valence-electron chi connectivity index (χ1n) is 10.7. The van der Waals surface area contributed by atoms with Crippen LogP contribution in [-0.4, -0.2) is 38.9 Å². The second-order valence-electron chi connectivity index (χ2n) is 8.13. The number of rotatable bonds is 7. The molecule has 0 saturated heterocycles. The van der Waals surface area contributed by atoms with E-state index in [-0.39, 0.29) is 30.5 Å². The van der Waals surface area contributed by atoms with Gasteiger partial charge in [-0.2, -0.15) is 0 Å². The lowest BCUT2D eigenvalue weighted by atomic mass is 10.1. The minimum absolute atomic E-state index is 0.0826. The van der Waals surface area contributed by atoms with Gasteiger partial charge in [-0.15, -0.1) is 0 Å². The fourth-order valence-electron chi connectivity index (χ4n) is 3.68. The molecule has 0 spiro atoms. The Hall–Kier alpha value is -3.68. The topological polar surface area (TPSA) is 93.4 Å². The van der Waals surface area contributed by atoms with Crippen molar-refractivity contribution in [3.63, 3.8) is 0 Å². The summed E-state index contributed by atoms with van der Waals surface area (Å²) in [7, 11) is 1.67.